The smallest absolute Gasteiger partial charge is 0.251 e. The van der Waals surface area contributed by atoms with Gasteiger partial charge in [0.25, 0.3) is 5.91 Å². The fourth-order valence-corrected chi connectivity index (χ4v) is 4.10. The molecule has 1 amide bonds. The molecule has 2 N–H and O–H groups in total. The Hall–Kier alpha value is -3.91. The van der Waals surface area contributed by atoms with Gasteiger partial charge >= 0.3 is 0 Å². The molecule has 0 aliphatic carbocycles. The quantitative estimate of drug-likeness (QED) is 0.417. The van der Waals surface area contributed by atoms with Crippen molar-refractivity contribution in [3.05, 3.63) is 108 Å². The SMILES string of the molecule is CS(=O)(=O)Nc1cccc(C(=O)NCc2ccccc2-c2ccc(Cn3cccn3)cc2)c1. The first-order chi connectivity index (χ1) is 15.9. The third-order valence-electron chi connectivity index (χ3n) is 5.05. The molecule has 3 aromatic carbocycles. The maximum atomic E-state index is 12.7. The van der Waals surface area contributed by atoms with E-state index in [0.29, 0.717) is 24.3 Å². The molecule has 0 saturated carbocycles. The van der Waals surface area contributed by atoms with Gasteiger partial charge in [0.15, 0.2) is 0 Å². The van der Waals surface area contributed by atoms with Crippen LogP contribution in [0.25, 0.3) is 11.1 Å². The Balaban J connectivity index is 1.46. The number of sulfonamides is 1. The highest BCUT2D eigenvalue weighted by atomic mass is 32.2. The van der Waals surface area contributed by atoms with Gasteiger partial charge in [-0.2, -0.15) is 5.10 Å². The number of hydrogen-bond donors (Lipinski definition) is 2. The van der Waals surface area contributed by atoms with E-state index in [4.69, 9.17) is 0 Å². The molecule has 7 nitrogen and oxygen atoms in total. The van der Waals surface area contributed by atoms with Gasteiger partial charge in [0.05, 0.1) is 12.8 Å². The van der Waals surface area contributed by atoms with Crippen molar-refractivity contribution in [2.45, 2.75) is 13.1 Å². The first-order valence-corrected chi connectivity index (χ1v) is 12.3. The molecule has 0 spiro atoms. The van der Waals surface area contributed by atoms with Gasteiger partial charge in [-0.25, -0.2) is 8.42 Å². The molecule has 4 aromatic rings. The van der Waals surface area contributed by atoms with Crippen LogP contribution in [0.1, 0.15) is 21.5 Å². The minimum Gasteiger partial charge on any atom is -0.348 e. The lowest BCUT2D eigenvalue weighted by atomic mass is 9.98. The van der Waals surface area contributed by atoms with E-state index in [1.54, 1.807) is 24.4 Å². The number of aromatic nitrogens is 2. The highest BCUT2D eigenvalue weighted by molar-refractivity contribution is 7.92. The summed E-state index contributed by atoms with van der Waals surface area (Å²) in [5, 5.41) is 7.17. The second kappa shape index (κ2) is 9.70. The van der Waals surface area contributed by atoms with E-state index >= 15 is 0 Å². The number of rotatable bonds is 8. The minimum atomic E-state index is -3.42. The summed E-state index contributed by atoms with van der Waals surface area (Å²) >= 11 is 0. The fraction of sp³-hybridized carbons (Fsp3) is 0.120. The van der Waals surface area contributed by atoms with Crippen molar-refractivity contribution >= 4 is 21.6 Å². The largest absolute Gasteiger partial charge is 0.348 e. The Morgan fingerprint density at radius 1 is 0.970 bits per heavy atom. The minimum absolute atomic E-state index is 0.281. The standard InChI is InChI=1S/C25H24N4O3S/c1-33(31,32)28-23-8-4-7-21(16-23)25(30)26-17-22-6-2-3-9-24(22)20-12-10-19(11-13-20)18-29-15-5-14-27-29/h2-16,28H,17-18H2,1H3,(H,26,30). The lowest BCUT2D eigenvalue weighted by molar-refractivity contribution is 0.0951. The number of hydrogen-bond acceptors (Lipinski definition) is 4. The van der Waals surface area contributed by atoms with Crippen LogP contribution in [0.4, 0.5) is 5.69 Å². The molecule has 0 aliphatic rings. The molecule has 0 aliphatic heterocycles. The Morgan fingerprint density at radius 2 is 1.76 bits per heavy atom. The molecular weight excluding hydrogens is 436 g/mol. The van der Waals surface area contributed by atoms with Crippen LogP contribution in [-0.2, 0) is 23.1 Å². The zero-order valence-electron chi connectivity index (χ0n) is 18.1. The molecule has 0 unspecified atom stereocenters. The van der Waals surface area contributed by atoms with Gasteiger partial charge < -0.3 is 5.32 Å². The summed E-state index contributed by atoms with van der Waals surface area (Å²) in [4.78, 5) is 12.7. The predicted octanol–water partition coefficient (Wildman–Crippen LogP) is 3.90. The van der Waals surface area contributed by atoms with E-state index < -0.39 is 10.0 Å². The van der Waals surface area contributed by atoms with Crippen molar-refractivity contribution in [2.24, 2.45) is 0 Å². The first-order valence-electron chi connectivity index (χ1n) is 10.4. The first kappa shape index (κ1) is 22.3. The molecule has 0 fully saturated rings. The molecule has 168 valence electrons. The predicted molar refractivity (Wildman–Crippen MR) is 129 cm³/mol. The summed E-state index contributed by atoms with van der Waals surface area (Å²) < 4.78 is 27.2. The van der Waals surface area contributed by atoms with Crippen LogP contribution in [0.3, 0.4) is 0 Å². The van der Waals surface area contributed by atoms with E-state index in [1.165, 1.54) is 6.07 Å². The number of carbonyl (C=O) groups excluding carboxylic acids is 1. The summed E-state index contributed by atoms with van der Waals surface area (Å²) in [6.07, 6.45) is 4.76. The van der Waals surface area contributed by atoms with Gasteiger partial charge in [0, 0.05) is 30.2 Å². The highest BCUT2D eigenvalue weighted by Gasteiger charge is 2.10. The van der Waals surface area contributed by atoms with Crippen LogP contribution in [0.2, 0.25) is 0 Å². The van der Waals surface area contributed by atoms with E-state index in [9.17, 15) is 13.2 Å². The van der Waals surface area contributed by atoms with Crippen LogP contribution in [0.5, 0.6) is 0 Å². The summed E-state index contributed by atoms with van der Waals surface area (Å²) in [7, 11) is -3.42. The maximum absolute atomic E-state index is 12.7. The van der Waals surface area contributed by atoms with Crippen molar-refractivity contribution in [2.75, 3.05) is 11.0 Å². The van der Waals surface area contributed by atoms with Gasteiger partial charge in [-0.3, -0.25) is 14.2 Å². The number of nitrogens with one attached hydrogen (secondary N) is 2. The van der Waals surface area contributed by atoms with Crippen LogP contribution >= 0.6 is 0 Å². The van der Waals surface area contributed by atoms with Gasteiger partial charge in [0.2, 0.25) is 10.0 Å². The van der Waals surface area contributed by atoms with Crippen molar-refractivity contribution in [1.29, 1.82) is 0 Å². The molecule has 0 bridgehead atoms. The second-order valence-corrected chi connectivity index (χ2v) is 9.44. The molecule has 4 rings (SSSR count). The maximum Gasteiger partial charge on any atom is 0.251 e. The third kappa shape index (κ3) is 6.08. The lowest BCUT2D eigenvalue weighted by Crippen LogP contribution is -2.23. The van der Waals surface area contributed by atoms with E-state index in [-0.39, 0.29) is 5.91 Å². The molecule has 1 aromatic heterocycles. The highest BCUT2D eigenvalue weighted by Crippen LogP contribution is 2.24. The number of anilines is 1. The van der Waals surface area contributed by atoms with Gasteiger partial charge in [0.1, 0.15) is 0 Å². The number of carbonyl (C=O) groups is 1. The topological polar surface area (TPSA) is 93.1 Å². The van der Waals surface area contributed by atoms with Crippen LogP contribution in [0.15, 0.2) is 91.3 Å². The second-order valence-electron chi connectivity index (χ2n) is 7.70. The number of nitrogens with zero attached hydrogens (tertiary/aromatic N) is 2. The Bertz CT molecular complexity index is 1350. The average molecular weight is 461 g/mol. The van der Waals surface area contributed by atoms with Crippen LogP contribution in [0, 0.1) is 0 Å². The molecule has 8 heteroatoms. The fourth-order valence-electron chi connectivity index (χ4n) is 3.54. The average Bonchev–Trinajstić information content (AvgIpc) is 3.30. The molecular formula is C25H24N4O3S. The Kier molecular flexibility index (Phi) is 6.55. The Morgan fingerprint density at radius 3 is 2.48 bits per heavy atom. The summed E-state index contributed by atoms with van der Waals surface area (Å²) in [6.45, 7) is 1.05. The zero-order valence-corrected chi connectivity index (χ0v) is 18.9. The molecule has 0 radical (unpaired) electrons. The van der Waals surface area contributed by atoms with Gasteiger partial charge in [-0.1, -0.05) is 54.6 Å². The monoisotopic (exact) mass is 460 g/mol. The third-order valence-corrected chi connectivity index (χ3v) is 5.66. The molecule has 1 heterocycles. The van der Waals surface area contributed by atoms with Crippen molar-refractivity contribution in [3.8, 4) is 11.1 Å². The normalized spacial score (nSPS) is 11.2. The summed E-state index contributed by atoms with van der Waals surface area (Å²) in [6, 6.07) is 24.5. The van der Waals surface area contributed by atoms with Crippen LogP contribution in [-0.4, -0.2) is 30.4 Å². The van der Waals surface area contributed by atoms with Gasteiger partial charge in [-0.05, 0) is 46.5 Å². The summed E-state index contributed by atoms with van der Waals surface area (Å²) in [5.74, 6) is -0.281. The van der Waals surface area contributed by atoms with Crippen molar-refractivity contribution < 1.29 is 13.2 Å². The lowest BCUT2D eigenvalue weighted by Gasteiger charge is -2.12. The molecule has 0 atom stereocenters. The van der Waals surface area contributed by atoms with Gasteiger partial charge in [-0.15, -0.1) is 0 Å². The summed E-state index contributed by atoms with van der Waals surface area (Å²) in [5.41, 5.74) is 4.95. The zero-order chi connectivity index (χ0) is 23.3. The van der Waals surface area contributed by atoms with Crippen LogP contribution < -0.4 is 10.0 Å². The molecule has 33 heavy (non-hydrogen) atoms. The van der Waals surface area contributed by atoms with E-state index in [0.717, 1.165) is 28.5 Å². The van der Waals surface area contributed by atoms with E-state index in [2.05, 4.69) is 39.4 Å². The van der Waals surface area contributed by atoms with Crippen molar-refractivity contribution in [3.63, 3.8) is 0 Å². The Labute approximate surface area is 193 Å². The van der Waals surface area contributed by atoms with Crippen molar-refractivity contribution in [1.82, 2.24) is 15.1 Å². The van der Waals surface area contributed by atoms with E-state index in [1.807, 2.05) is 41.2 Å². The number of amides is 1. The number of benzene rings is 3. The molecule has 0 saturated heterocycles.